The quantitative estimate of drug-likeness (QED) is 0.0733. The third-order valence-electron chi connectivity index (χ3n) is 9.01. The zero-order valence-electron chi connectivity index (χ0n) is 31.7. The lowest BCUT2D eigenvalue weighted by Crippen LogP contribution is -2.30. The van der Waals surface area contributed by atoms with Crippen LogP contribution in [0.1, 0.15) is 26.7 Å². The summed E-state index contributed by atoms with van der Waals surface area (Å²) in [6.07, 6.45) is 1.53. The Kier molecular flexibility index (Phi) is 12.5. The first-order chi connectivity index (χ1) is 28.3. The molecule has 1 unspecified atom stereocenters. The number of hydrogen-bond donors (Lipinski definition) is 3. The van der Waals surface area contributed by atoms with E-state index < -0.39 is 17.1 Å². The van der Waals surface area contributed by atoms with Crippen molar-refractivity contribution < 1.29 is 28.6 Å². The summed E-state index contributed by atoms with van der Waals surface area (Å²) in [5, 5.41) is 12.8. The van der Waals surface area contributed by atoms with Crippen LogP contribution in [0.2, 0.25) is 0 Å². The number of nitrogens with one attached hydrogen (secondary N) is 3. The molecule has 0 fully saturated rings. The molecule has 0 aliphatic heterocycles. The predicted molar refractivity (Wildman–Crippen MR) is 232 cm³/mol. The van der Waals surface area contributed by atoms with Gasteiger partial charge in [0.1, 0.15) is 10.9 Å². The van der Waals surface area contributed by atoms with Gasteiger partial charge in [0, 0.05) is 27.1 Å². The summed E-state index contributed by atoms with van der Waals surface area (Å²) in [6.45, 7) is 0. The zero-order chi connectivity index (χ0) is 40.4. The summed E-state index contributed by atoms with van der Waals surface area (Å²) < 4.78 is 16.4. The van der Waals surface area contributed by atoms with Gasteiger partial charge in [0.05, 0.1) is 27.0 Å². The Labute approximate surface area is 343 Å². The largest absolute Gasteiger partial charge is 0.493 e. The number of ether oxygens (including phenoxy) is 3. The number of aromatic nitrogens is 1. The van der Waals surface area contributed by atoms with E-state index in [-0.39, 0.29) is 11.6 Å². The molecule has 0 radical (unpaired) electrons. The van der Waals surface area contributed by atoms with E-state index in [1.165, 1.54) is 50.5 Å². The molecule has 6 aromatic carbocycles. The van der Waals surface area contributed by atoms with Crippen molar-refractivity contribution in [2.24, 2.45) is 0 Å². The average molecular weight is 807 g/mol. The first-order valence-electron chi connectivity index (χ1n) is 18.1. The van der Waals surface area contributed by atoms with Gasteiger partial charge in [-0.3, -0.25) is 14.4 Å². The number of rotatable bonds is 14. The Morgan fingerprint density at radius 3 is 2.03 bits per heavy atom. The van der Waals surface area contributed by atoms with E-state index in [0.717, 1.165) is 32.5 Å². The molecule has 3 N–H and O–H groups in total. The Morgan fingerprint density at radius 2 is 1.36 bits per heavy atom. The summed E-state index contributed by atoms with van der Waals surface area (Å²) in [6, 6.07) is 43.0. The highest BCUT2D eigenvalue weighted by molar-refractivity contribution is 8.00. The van der Waals surface area contributed by atoms with Gasteiger partial charge in [-0.25, -0.2) is 4.98 Å². The van der Waals surface area contributed by atoms with Gasteiger partial charge < -0.3 is 30.2 Å². The van der Waals surface area contributed by atoms with Crippen LogP contribution < -0.4 is 30.2 Å². The molecule has 0 saturated heterocycles. The molecule has 0 aliphatic carbocycles. The molecule has 7 aromatic rings. The molecular formula is C46H38N4O6S2. The first-order valence-corrected chi connectivity index (χ1v) is 19.8. The van der Waals surface area contributed by atoms with Gasteiger partial charge >= 0.3 is 0 Å². The number of amides is 3. The van der Waals surface area contributed by atoms with Crippen LogP contribution in [-0.2, 0) is 9.59 Å². The Hall–Kier alpha value is -6.89. The lowest BCUT2D eigenvalue weighted by atomic mass is 10.1. The molecule has 1 aromatic heterocycles. The van der Waals surface area contributed by atoms with Crippen LogP contribution in [0.5, 0.6) is 17.2 Å². The first kappa shape index (κ1) is 39.3. The SMILES string of the molecule is COc1cc(/C=C(\NC(=O)c2ccccc2)C(=O)Nc2ccc(SC(C(=O)Nc3nc(-c4ccc5ccccc5c4)cs3)c3ccccc3)cc2)cc(OC)c1OC. The molecule has 58 heavy (non-hydrogen) atoms. The second-order valence-corrected chi connectivity index (χ2v) is 14.8. The number of methoxy groups -OCH3 is 3. The maximum atomic E-state index is 13.9. The molecule has 3 amide bonds. The normalized spacial score (nSPS) is 11.7. The number of carbonyl (C=O) groups excluding carboxylic acids is 3. The second kappa shape index (κ2) is 18.4. The van der Waals surface area contributed by atoms with Crippen LogP contribution in [0.25, 0.3) is 28.1 Å². The summed E-state index contributed by atoms with van der Waals surface area (Å²) in [7, 11) is 4.49. The Bertz CT molecular complexity index is 2570. The fourth-order valence-electron chi connectivity index (χ4n) is 6.13. The van der Waals surface area contributed by atoms with E-state index in [0.29, 0.717) is 39.2 Å². The maximum absolute atomic E-state index is 13.9. The molecule has 0 saturated carbocycles. The number of nitrogens with zero attached hydrogens (tertiary/aromatic N) is 1. The monoisotopic (exact) mass is 806 g/mol. The molecule has 10 nitrogen and oxygen atoms in total. The van der Waals surface area contributed by atoms with Gasteiger partial charge in [0.2, 0.25) is 11.7 Å². The Morgan fingerprint density at radius 1 is 0.707 bits per heavy atom. The number of anilines is 2. The minimum Gasteiger partial charge on any atom is -0.493 e. The van der Waals surface area contributed by atoms with Gasteiger partial charge in [0.15, 0.2) is 16.6 Å². The van der Waals surface area contributed by atoms with Crippen molar-refractivity contribution in [2.75, 3.05) is 32.0 Å². The van der Waals surface area contributed by atoms with Gasteiger partial charge in [0.25, 0.3) is 11.8 Å². The van der Waals surface area contributed by atoms with Gasteiger partial charge in [-0.1, -0.05) is 84.9 Å². The third kappa shape index (κ3) is 9.38. The van der Waals surface area contributed by atoms with Gasteiger partial charge in [-0.15, -0.1) is 23.1 Å². The number of benzene rings is 6. The topological polar surface area (TPSA) is 128 Å². The van der Waals surface area contributed by atoms with Crippen molar-refractivity contribution in [3.63, 3.8) is 0 Å². The predicted octanol–water partition coefficient (Wildman–Crippen LogP) is 9.87. The van der Waals surface area contributed by atoms with E-state index in [9.17, 15) is 14.4 Å². The van der Waals surface area contributed by atoms with Crippen LogP contribution in [0, 0.1) is 0 Å². The average Bonchev–Trinajstić information content (AvgIpc) is 3.74. The van der Waals surface area contributed by atoms with Crippen LogP contribution >= 0.6 is 23.1 Å². The van der Waals surface area contributed by atoms with Crippen molar-refractivity contribution in [3.05, 3.63) is 167 Å². The highest BCUT2D eigenvalue weighted by Crippen LogP contribution is 2.40. The summed E-state index contributed by atoms with van der Waals surface area (Å²) in [5.41, 5.74) is 3.94. The van der Waals surface area contributed by atoms with E-state index in [1.54, 1.807) is 54.6 Å². The molecule has 290 valence electrons. The number of carbonyl (C=O) groups is 3. The summed E-state index contributed by atoms with van der Waals surface area (Å²) in [4.78, 5) is 46.5. The summed E-state index contributed by atoms with van der Waals surface area (Å²) >= 11 is 2.75. The van der Waals surface area contributed by atoms with E-state index in [4.69, 9.17) is 19.2 Å². The third-order valence-corrected chi connectivity index (χ3v) is 11.0. The van der Waals surface area contributed by atoms with E-state index in [1.807, 2.05) is 66.0 Å². The molecule has 0 bridgehead atoms. The summed E-state index contributed by atoms with van der Waals surface area (Å²) in [5.74, 6) is -0.0875. The fourth-order valence-corrected chi connectivity index (χ4v) is 7.88. The standard InChI is InChI=1S/C46H38N4O6S2/c1-54-39-25-29(26-40(55-2)41(39)56-3)24-37(48-43(51)32-15-8-5-9-16-32)44(52)47-35-20-22-36(23-21-35)58-42(31-13-6-4-7-14-31)45(53)50-46-49-38(28-57-46)34-19-18-30-12-10-11-17-33(30)27-34/h4-28,42H,1-3H3,(H,47,52)(H,48,51)(H,49,50,53)/b37-24-. The number of thioether (sulfide) groups is 1. The number of fused-ring (bicyclic) bond motifs is 1. The lowest BCUT2D eigenvalue weighted by Gasteiger charge is -2.17. The lowest BCUT2D eigenvalue weighted by molar-refractivity contribution is -0.116. The van der Waals surface area contributed by atoms with Crippen molar-refractivity contribution in [3.8, 4) is 28.5 Å². The number of hydrogen-bond acceptors (Lipinski definition) is 9. The molecule has 12 heteroatoms. The van der Waals surface area contributed by atoms with Gasteiger partial charge in [-0.2, -0.15) is 0 Å². The fraction of sp³-hybridized carbons (Fsp3) is 0.0870. The minimum absolute atomic E-state index is 0.0200. The van der Waals surface area contributed by atoms with Crippen molar-refractivity contribution >= 4 is 68.5 Å². The van der Waals surface area contributed by atoms with Crippen LogP contribution in [-0.4, -0.2) is 44.0 Å². The van der Waals surface area contributed by atoms with Crippen LogP contribution in [0.3, 0.4) is 0 Å². The van der Waals surface area contributed by atoms with Crippen LogP contribution in [0.15, 0.2) is 155 Å². The van der Waals surface area contributed by atoms with E-state index >= 15 is 0 Å². The molecule has 0 spiro atoms. The van der Waals surface area contributed by atoms with Crippen molar-refractivity contribution in [1.82, 2.24) is 10.3 Å². The molecule has 1 atom stereocenters. The smallest absolute Gasteiger partial charge is 0.272 e. The molecule has 7 rings (SSSR count). The van der Waals surface area contributed by atoms with Crippen molar-refractivity contribution in [1.29, 1.82) is 0 Å². The molecule has 1 heterocycles. The molecule has 0 aliphatic rings. The Balaban J connectivity index is 1.09. The van der Waals surface area contributed by atoms with E-state index in [2.05, 4.69) is 40.2 Å². The number of thiazole rings is 1. The zero-order valence-corrected chi connectivity index (χ0v) is 33.4. The van der Waals surface area contributed by atoms with Gasteiger partial charge in [-0.05, 0) is 82.6 Å². The minimum atomic E-state index is -0.601. The second-order valence-electron chi connectivity index (χ2n) is 12.8. The maximum Gasteiger partial charge on any atom is 0.272 e. The van der Waals surface area contributed by atoms with Crippen molar-refractivity contribution in [2.45, 2.75) is 10.1 Å². The van der Waals surface area contributed by atoms with Crippen LogP contribution in [0.4, 0.5) is 10.8 Å². The highest BCUT2D eigenvalue weighted by Gasteiger charge is 2.24. The highest BCUT2D eigenvalue weighted by atomic mass is 32.2. The molecular weight excluding hydrogens is 769 g/mol.